The van der Waals surface area contributed by atoms with E-state index in [9.17, 15) is 4.79 Å². The van der Waals surface area contributed by atoms with Crippen LogP contribution in [0.4, 0.5) is 0 Å². The Morgan fingerprint density at radius 3 is 2.50 bits per heavy atom. The highest BCUT2D eigenvalue weighted by Crippen LogP contribution is 2.02. The van der Waals surface area contributed by atoms with E-state index in [1.54, 1.807) is 7.11 Å². The third-order valence-electron chi connectivity index (χ3n) is 1.58. The van der Waals surface area contributed by atoms with Gasteiger partial charge < -0.3 is 14.7 Å². The number of hydrogen-bond donors (Lipinski definition) is 1. The Bertz CT molecular complexity index is 136. The van der Waals surface area contributed by atoms with Crippen LogP contribution in [0.5, 0.6) is 0 Å². The number of aliphatic carboxylic acids is 1. The smallest absolute Gasteiger partial charge is 0.303 e. The van der Waals surface area contributed by atoms with Crippen LogP contribution in [-0.2, 0) is 9.53 Å². The van der Waals surface area contributed by atoms with Gasteiger partial charge in [0.2, 0.25) is 0 Å². The van der Waals surface area contributed by atoms with Crippen molar-refractivity contribution >= 4 is 5.97 Å². The predicted octanol–water partition coefficient (Wildman–Crippen LogP) is 0.428. The lowest BCUT2D eigenvalue weighted by Crippen LogP contribution is -2.28. The van der Waals surface area contributed by atoms with E-state index >= 15 is 0 Å². The molecule has 0 aliphatic rings. The molecule has 0 aromatic carbocycles. The molecule has 0 spiro atoms. The van der Waals surface area contributed by atoms with Crippen LogP contribution in [0.1, 0.15) is 12.8 Å². The third-order valence-corrected chi connectivity index (χ3v) is 1.58. The molecule has 0 heterocycles. The maximum Gasteiger partial charge on any atom is 0.303 e. The van der Waals surface area contributed by atoms with E-state index in [1.165, 1.54) is 0 Å². The molecule has 0 saturated carbocycles. The second-order valence-electron chi connectivity index (χ2n) is 3.05. The van der Waals surface area contributed by atoms with Crippen LogP contribution >= 0.6 is 0 Å². The fourth-order valence-electron chi connectivity index (χ4n) is 0.975. The summed E-state index contributed by atoms with van der Waals surface area (Å²) in [4.78, 5) is 12.2. The van der Waals surface area contributed by atoms with Gasteiger partial charge >= 0.3 is 5.97 Å². The van der Waals surface area contributed by atoms with Gasteiger partial charge in [0.05, 0.1) is 6.10 Å². The van der Waals surface area contributed by atoms with Crippen molar-refractivity contribution in [2.75, 3.05) is 27.7 Å². The third kappa shape index (κ3) is 6.12. The average Bonchev–Trinajstić information content (AvgIpc) is 1.97. The van der Waals surface area contributed by atoms with Crippen molar-refractivity contribution in [2.45, 2.75) is 18.9 Å². The zero-order valence-corrected chi connectivity index (χ0v) is 7.91. The van der Waals surface area contributed by atoms with Crippen molar-refractivity contribution in [3.63, 3.8) is 0 Å². The molecule has 1 N–H and O–H groups in total. The largest absolute Gasteiger partial charge is 0.481 e. The lowest BCUT2D eigenvalue weighted by Gasteiger charge is -2.18. The van der Waals surface area contributed by atoms with Gasteiger partial charge in [-0.15, -0.1) is 0 Å². The van der Waals surface area contributed by atoms with Gasteiger partial charge in [-0.05, 0) is 20.5 Å². The van der Waals surface area contributed by atoms with Crippen molar-refractivity contribution in [1.29, 1.82) is 0 Å². The highest BCUT2D eigenvalue weighted by atomic mass is 16.5. The molecule has 0 amide bonds. The lowest BCUT2D eigenvalue weighted by molar-refractivity contribution is -0.137. The van der Waals surface area contributed by atoms with Crippen LogP contribution in [0.25, 0.3) is 0 Å². The first kappa shape index (κ1) is 11.4. The van der Waals surface area contributed by atoms with Gasteiger partial charge in [0.1, 0.15) is 0 Å². The summed E-state index contributed by atoms with van der Waals surface area (Å²) >= 11 is 0. The zero-order chi connectivity index (χ0) is 9.56. The summed E-state index contributed by atoms with van der Waals surface area (Å²) in [6.07, 6.45) is 0.771. The Morgan fingerprint density at radius 2 is 2.17 bits per heavy atom. The standard InChI is InChI=1S/C8H17NO3/c1-9(2)6-7(12-3)4-5-8(10)11/h7H,4-6H2,1-3H3,(H,10,11)/t7-/m0/s1. The second kappa shape index (κ2) is 5.97. The van der Waals surface area contributed by atoms with Crippen molar-refractivity contribution in [3.05, 3.63) is 0 Å². The number of rotatable bonds is 6. The molecule has 0 aromatic rings. The van der Waals surface area contributed by atoms with Crippen molar-refractivity contribution in [2.24, 2.45) is 0 Å². The van der Waals surface area contributed by atoms with E-state index in [0.717, 1.165) is 6.54 Å². The SMILES string of the molecule is CO[C@@H](CCC(=O)O)CN(C)C. The molecule has 0 aliphatic heterocycles. The summed E-state index contributed by atoms with van der Waals surface area (Å²) < 4.78 is 5.11. The van der Waals surface area contributed by atoms with Crippen LogP contribution in [0, 0.1) is 0 Å². The minimum Gasteiger partial charge on any atom is -0.481 e. The summed E-state index contributed by atoms with van der Waals surface area (Å²) in [5.41, 5.74) is 0. The number of methoxy groups -OCH3 is 1. The first-order valence-electron chi connectivity index (χ1n) is 3.95. The molecule has 0 aromatic heterocycles. The maximum atomic E-state index is 10.2. The fraction of sp³-hybridized carbons (Fsp3) is 0.875. The molecule has 0 bridgehead atoms. The van der Waals surface area contributed by atoms with Gasteiger partial charge in [-0.2, -0.15) is 0 Å². The molecule has 0 radical (unpaired) electrons. The summed E-state index contributed by atoms with van der Waals surface area (Å²) in [7, 11) is 5.48. The molecule has 0 saturated heterocycles. The van der Waals surface area contributed by atoms with Crippen molar-refractivity contribution in [1.82, 2.24) is 4.90 Å². The van der Waals surface area contributed by atoms with Crippen LogP contribution in [-0.4, -0.2) is 49.8 Å². The predicted molar refractivity (Wildman–Crippen MR) is 46.2 cm³/mol. The number of carboxylic acids is 1. The van der Waals surface area contributed by atoms with Crippen LogP contribution in [0.3, 0.4) is 0 Å². The van der Waals surface area contributed by atoms with Gasteiger partial charge in [0, 0.05) is 20.1 Å². The maximum absolute atomic E-state index is 10.2. The highest BCUT2D eigenvalue weighted by molar-refractivity contribution is 5.66. The molecule has 0 fully saturated rings. The number of hydrogen-bond acceptors (Lipinski definition) is 3. The quantitative estimate of drug-likeness (QED) is 0.636. The molecular formula is C8H17NO3. The summed E-state index contributed by atoms with van der Waals surface area (Å²) in [5.74, 6) is -0.768. The van der Waals surface area contributed by atoms with Crippen molar-refractivity contribution < 1.29 is 14.6 Å². The van der Waals surface area contributed by atoms with E-state index in [2.05, 4.69) is 0 Å². The number of ether oxygens (including phenoxy) is 1. The Morgan fingerprint density at radius 1 is 1.58 bits per heavy atom. The van der Waals surface area contributed by atoms with Gasteiger partial charge in [-0.3, -0.25) is 4.79 Å². The topological polar surface area (TPSA) is 49.8 Å². The first-order valence-corrected chi connectivity index (χ1v) is 3.95. The van der Waals surface area contributed by atoms with E-state index in [0.29, 0.717) is 6.42 Å². The van der Waals surface area contributed by atoms with E-state index < -0.39 is 5.97 Å². The Balaban J connectivity index is 3.60. The first-order chi connectivity index (χ1) is 5.56. The number of carboxylic acid groups (broad SMARTS) is 1. The molecule has 72 valence electrons. The number of nitrogens with zero attached hydrogens (tertiary/aromatic N) is 1. The molecule has 0 rings (SSSR count). The molecule has 0 aliphatic carbocycles. The van der Waals surface area contributed by atoms with Crippen molar-refractivity contribution in [3.8, 4) is 0 Å². The fourth-order valence-corrected chi connectivity index (χ4v) is 0.975. The summed E-state index contributed by atoms with van der Waals surface area (Å²) in [6.45, 7) is 0.768. The van der Waals surface area contributed by atoms with Gasteiger partial charge in [-0.1, -0.05) is 0 Å². The minimum atomic E-state index is -0.768. The van der Waals surface area contributed by atoms with Crippen LogP contribution < -0.4 is 0 Å². The summed E-state index contributed by atoms with van der Waals surface area (Å²) in [6, 6.07) is 0. The number of carbonyl (C=O) groups is 1. The average molecular weight is 175 g/mol. The van der Waals surface area contributed by atoms with Crippen LogP contribution in [0.15, 0.2) is 0 Å². The molecule has 0 unspecified atom stereocenters. The van der Waals surface area contributed by atoms with E-state index in [1.807, 2.05) is 19.0 Å². The highest BCUT2D eigenvalue weighted by Gasteiger charge is 2.10. The monoisotopic (exact) mass is 175 g/mol. The van der Waals surface area contributed by atoms with E-state index in [-0.39, 0.29) is 12.5 Å². The van der Waals surface area contributed by atoms with Gasteiger partial charge in [0.15, 0.2) is 0 Å². The second-order valence-corrected chi connectivity index (χ2v) is 3.05. The Kier molecular flexibility index (Phi) is 5.66. The normalized spacial score (nSPS) is 13.3. The minimum absolute atomic E-state index is 0.0242. The van der Waals surface area contributed by atoms with E-state index in [4.69, 9.17) is 9.84 Å². The molecule has 4 heteroatoms. The summed E-state index contributed by atoms with van der Waals surface area (Å²) in [5, 5.41) is 8.42. The number of likely N-dealkylation sites (N-methyl/N-ethyl adjacent to an activating group) is 1. The molecule has 4 nitrogen and oxygen atoms in total. The van der Waals surface area contributed by atoms with Gasteiger partial charge in [-0.25, -0.2) is 0 Å². The van der Waals surface area contributed by atoms with Crippen LogP contribution in [0.2, 0.25) is 0 Å². The Hall–Kier alpha value is -0.610. The zero-order valence-electron chi connectivity index (χ0n) is 7.91. The molecular weight excluding hydrogens is 158 g/mol. The van der Waals surface area contributed by atoms with Gasteiger partial charge in [0.25, 0.3) is 0 Å². The lowest BCUT2D eigenvalue weighted by atomic mass is 10.2. The molecule has 1 atom stereocenters. The molecule has 12 heavy (non-hydrogen) atoms. The Labute approximate surface area is 73.1 Å².